The summed E-state index contributed by atoms with van der Waals surface area (Å²) in [5, 5.41) is 10.00. The average molecular weight is 273 g/mol. The number of aliphatic hydroxyl groups is 1. The van der Waals surface area contributed by atoms with Crippen LogP contribution in [0.4, 0.5) is 5.69 Å². The fourth-order valence-corrected chi connectivity index (χ4v) is 1.76. The van der Waals surface area contributed by atoms with Gasteiger partial charge in [0.2, 0.25) is 0 Å². The molecule has 0 aromatic heterocycles. The Morgan fingerprint density at radius 3 is 2.59 bits per heavy atom. The van der Waals surface area contributed by atoms with Gasteiger partial charge in [0.1, 0.15) is 4.99 Å². The monoisotopic (exact) mass is 272 g/mol. The van der Waals surface area contributed by atoms with Gasteiger partial charge in [-0.3, -0.25) is 0 Å². The Labute approximate surface area is 112 Å². The van der Waals surface area contributed by atoms with Crippen LogP contribution in [-0.4, -0.2) is 29.3 Å². The quantitative estimate of drug-likeness (QED) is 0.825. The minimum absolute atomic E-state index is 0.0206. The lowest BCUT2D eigenvalue weighted by Gasteiger charge is -2.37. The molecule has 0 aliphatic carbocycles. The van der Waals surface area contributed by atoms with Crippen molar-refractivity contribution in [3.05, 3.63) is 28.8 Å². The van der Waals surface area contributed by atoms with E-state index in [9.17, 15) is 5.11 Å². The fraction of sp³-hybridized carbons (Fsp3) is 0.417. The molecule has 3 nitrogen and oxygen atoms in total. The molecule has 0 unspecified atom stereocenters. The first kappa shape index (κ1) is 14.2. The van der Waals surface area contributed by atoms with E-state index in [4.69, 9.17) is 29.6 Å². The van der Waals surface area contributed by atoms with Crippen molar-refractivity contribution in [1.29, 1.82) is 0 Å². The van der Waals surface area contributed by atoms with Gasteiger partial charge in [0.05, 0.1) is 12.1 Å². The molecule has 0 spiro atoms. The second-order valence-corrected chi connectivity index (χ2v) is 5.43. The molecular weight excluding hydrogens is 256 g/mol. The summed E-state index contributed by atoms with van der Waals surface area (Å²) in [6, 6.07) is 5.34. The normalized spacial score (nSPS) is 11.4. The van der Waals surface area contributed by atoms with E-state index in [2.05, 4.69) is 0 Å². The summed E-state index contributed by atoms with van der Waals surface area (Å²) in [6.45, 7) is 3.88. The molecule has 17 heavy (non-hydrogen) atoms. The van der Waals surface area contributed by atoms with Crippen LogP contribution < -0.4 is 10.6 Å². The maximum Gasteiger partial charge on any atom is 0.106 e. The van der Waals surface area contributed by atoms with Crippen LogP contribution in [0.5, 0.6) is 0 Å². The number of thiocarbonyl (C=S) groups is 1. The van der Waals surface area contributed by atoms with Crippen molar-refractivity contribution in [1.82, 2.24) is 0 Å². The Kier molecular flexibility index (Phi) is 4.36. The summed E-state index contributed by atoms with van der Waals surface area (Å²) in [4.78, 5) is 2.24. The number of rotatable bonds is 4. The number of hydrogen-bond acceptors (Lipinski definition) is 3. The first-order chi connectivity index (χ1) is 7.79. The zero-order valence-corrected chi connectivity index (χ0v) is 11.8. The first-order valence-corrected chi connectivity index (χ1v) is 6.02. The first-order valence-electron chi connectivity index (χ1n) is 5.23. The van der Waals surface area contributed by atoms with Crippen LogP contribution in [0.3, 0.4) is 0 Å². The molecule has 0 bridgehead atoms. The number of nitrogens with zero attached hydrogens (tertiary/aromatic N) is 1. The van der Waals surface area contributed by atoms with Gasteiger partial charge in [-0.1, -0.05) is 23.8 Å². The van der Waals surface area contributed by atoms with Crippen LogP contribution >= 0.6 is 23.8 Å². The summed E-state index contributed by atoms with van der Waals surface area (Å²) in [7, 11) is 1.88. The van der Waals surface area contributed by atoms with Crippen LogP contribution in [0.15, 0.2) is 18.2 Å². The maximum absolute atomic E-state index is 9.39. The van der Waals surface area contributed by atoms with Gasteiger partial charge in [0, 0.05) is 23.3 Å². The summed E-state index contributed by atoms with van der Waals surface area (Å²) >= 11 is 11.0. The highest BCUT2D eigenvalue weighted by Gasteiger charge is 2.25. The Morgan fingerprint density at radius 2 is 2.12 bits per heavy atom. The number of nitrogens with two attached hydrogens (primary N) is 1. The predicted molar refractivity (Wildman–Crippen MR) is 76.9 cm³/mol. The van der Waals surface area contributed by atoms with Gasteiger partial charge in [-0.25, -0.2) is 0 Å². The number of halogens is 1. The van der Waals surface area contributed by atoms with E-state index in [1.807, 2.05) is 25.8 Å². The second-order valence-electron chi connectivity index (χ2n) is 4.56. The lowest BCUT2D eigenvalue weighted by molar-refractivity contribution is 0.216. The van der Waals surface area contributed by atoms with E-state index in [-0.39, 0.29) is 6.61 Å². The highest BCUT2D eigenvalue weighted by molar-refractivity contribution is 7.80. The molecule has 5 heteroatoms. The third-order valence-corrected chi connectivity index (χ3v) is 3.34. The Balaban J connectivity index is 3.29. The molecule has 1 rings (SSSR count). The van der Waals surface area contributed by atoms with E-state index in [0.717, 1.165) is 11.3 Å². The van der Waals surface area contributed by atoms with Crippen LogP contribution in [0.25, 0.3) is 0 Å². The highest BCUT2D eigenvalue weighted by Crippen LogP contribution is 2.28. The minimum atomic E-state index is -0.412. The molecule has 1 aromatic carbocycles. The van der Waals surface area contributed by atoms with E-state index in [0.29, 0.717) is 10.0 Å². The molecule has 0 aliphatic rings. The molecule has 94 valence electrons. The van der Waals surface area contributed by atoms with Crippen molar-refractivity contribution in [2.45, 2.75) is 19.4 Å². The number of anilines is 1. The van der Waals surface area contributed by atoms with Crippen molar-refractivity contribution in [2.24, 2.45) is 5.73 Å². The summed E-state index contributed by atoms with van der Waals surface area (Å²) in [6.07, 6.45) is 0. The van der Waals surface area contributed by atoms with Crippen LogP contribution in [0, 0.1) is 0 Å². The molecule has 0 aliphatic heterocycles. The second kappa shape index (κ2) is 5.21. The van der Waals surface area contributed by atoms with E-state index in [1.165, 1.54) is 0 Å². The smallest absolute Gasteiger partial charge is 0.106 e. The third-order valence-electron chi connectivity index (χ3n) is 2.88. The minimum Gasteiger partial charge on any atom is -0.394 e. The van der Waals surface area contributed by atoms with Gasteiger partial charge in [-0.2, -0.15) is 0 Å². The number of aliphatic hydroxyl groups excluding tert-OH is 1. The van der Waals surface area contributed by atoms with E-state index in [1.54, 1.807) is 18.2 Å². The molecule has 0 saturated carbocycles. The molecule has 0 saturated heterocycles. The Hall–Kier alpha value is -0.840. The number of likely N-dealkylation sites (N-methyl/N-ethyl adjacent to an activating group) is 1. The zero-order valence-electron chi connectivity index (χ0n) is 10.2. The lowest BCUT2D eigenvalue weighted by atomic mass is 10.0. The summed E-state index contributed by atoms with van der Waals surface area (Å²) in [5.41, 5.74) is 6.85. The maximum atomic E-state index is 9.39. The topological polar surface area (TPSA) is 49.5 Å². The zero-order chi connectivity index (χ0) is 13.2. The average Bonchev–Trinajstić information content (AvgIpc) is 2.27. The van der Waals surface area contributed by atoms with Crippen molar-refractivity contribution in [3.8, 4) is 0 Å². The fourth-order valence-electron chi connectivity index (χ4n) is 1.42. The number of hydrogen-bond donors (Lipinski definition) is 2. The predicted octanol–water partition coefficient (Wildman–Crippen LogP) is 2.18. The standard InChI is InChI=1S/C12H17ClN2OS/c1-12(2,7-16)15(3)10-6-8(13)4-5-9(10)11(14)17/h4-6,16H,7H2,1-3H3,(H2,14,17). The van der Waals surface area contributed by atoms with Gasteiger partial charge >= 0.3 is 0 Å². The molecule has 0 amide bonds. The van der Waals surface area contributed by atoms with E-state index < -0.39 is 5.54 Å². The molecule has 0 radical (unpaired) electrons. The molecule has 0 atom stereocenters. The van der Waals surface area contributed by atoms with Gasteiger partial charge in [0.15, 0.2) is 0 Å². The van der Waals surface area contributed by atoms with Crippen LogP contribution in [0.2, 0.25) is 5.02 Å². The van der Waals surface area contributed by atoms with Gasteiger partial charge in [0.25, 0.3) is 0 Å². The SMILES string of the molecule is CN(c1cc(Cl)ccc1C(N)=S)C(C)(C)CO. The van der Waals surface area contributed by atoms with Crippen LogP contribution in [-0.2, 0) is 0 Å². The van der Waals surface area contributed by atoms with Gasteiger partial charge < -0.3 is 15.7 Å². The van der Waals surface area contributed by atoms with Crippen molar-refractivity contribution in [3.63, 3.8) is 0 Å². The molecule has 0 heterocycles. The van der Waals surface area contributed by atoms with Crippen molar-refractivity contribution in [2.75, 3.05) is 18.6 Å². The lowest BCUT2D eigenvalue weighted by Crippen LogP contribution is -2.45. The molecule has 0 fully saturated rings. The Morgan fingerprint density at radius 1 is 1.53 bits per heavy atom. The summed E-state index contributed by atoms with van der Waals surface area (Å²) < 4.78 is 0. The highest BCUT2D eigenvalue weighted by atomic mass is 35.5. The molecular formula is C12H17ClN2OS. The number of benzene rings is 1. The third kappa shape index (κ3) is 3.09. The summed E-state index contributed by atoms with van der Waals surface area (Å²) in [5.74, 6) is 0. The van der Waals surface area contributed by atoms with Gasteiger partial charge in [-0.05, 0) is 32.0 Å². The Bertz CT molecular complexity index is 435. The van der Waals surface area contributed by atoms with Crippen molar-refractivity contribution < 1.29 is 5.11 Å². The van der Waals surface area contributed by atoms with Crippen LogP contribution in [0.1, 0.15) is 19.4 Å². The van der Waals surface area contributed by atoms with Crippen molar-refractivity contribution >= 4 is 34.5 Å². The van der Waals surface area contributed by atoms with E-state index >= 15 is 0 Å². The molecule has 1 aromatic rings. The largest absolute Gasteiger partial charge is 0.394 e. The molecule has 3 N–H and O–H groups in total. The van der Waals surface area contributed by atoms with Gasteiger partial charge in [-0.15, -0.1) is 0 Å².